The van der Waals surface area contributed by atoms with Gasteiger partial charge in [0, 0.05) is 6.54 Å². The number of carbonyl (C=O) groups is 1. The lowest BCUT2D eigenvalue weighted by Crippen LogP contribution is -2.32. The summed E-state index contributed by atoms with van der Waals surface area (Å²) in [5, 5.41) is 22.3. The van der Waals surface area contributed by atoms with Gasteiger partial charge in [-0.2, -0.15) is 13.2 Å². The third-order valence-electron chi connectivity index (χ3n) is 4.25. The molecule has 7 heteroatoms. The zero-order valence-corrected chi connectivity index (χ0v) is 14.3. The summed E-state index contributed by atoms with van der Waals surface area (Å²) in [7, 11) is 0. The van der Waals surface area contributed by atoms with Gasteiger partial charge in [-0.3, -0.25) is 10.1 Å². The Balaban J connectivity index is 2.08. The van der Waals surface area contributed by atoms with Crippen LogP contribution in [0, 0.1) is 13.8 Å². The predicted octanol–water partition coefficient (Wildman–Crippen LogP) is 3.77. The number of aryl methyl sites for hydroxylation is 2. The number of hydrogen-bond acceptors (Lipinski definition) is 3. The number of halogens is 3. The Hall–Kier alpha value is -2.38. The van der Waals surface area contributed by atoms with E-state index in [0.717, 1.165) is 23.3 Å². The van der Waals surface area contributed by atoms with E-state index in [2.05, 4.69) is 5.32 Å². The van der Waals surface area contributed by atoms with Gasteiger partial charge in [0.25, 0.3) is 0 Å². The molecule has 0 saturated carbocycles. The Morgan fingerprint density at radius 2 is 1.62 bits per heavy atom. The number of carboxylic acid groups (broad SMARTS) is 1. The Labute approximate surface area is 149 Å². The smallest absolute Gasteiger partial charge is 0.416 e. The molecular weight excluding hydrogens is 347 g/mol. The van der Waals surface area contributed by atoms with Gasteiger partial charge in [0.15, 0.2) is 0 Å². The van der Waals surface area contributed by atoms with Gasteiger partial charge in [0.05, 0.1) is 11.7 Å². The maximum Gasteiger partial charge on any atom is 0.416 e. The highest BCUT2D eigenvalue weighted by Crippen LogP contribution is 2.30. The van der Waals surface area contributed by atoms with E-state index in [4.69, 9.17) is 0 Å². The summed E-state index contributed by atoms with van der Waals surface area (Å²) in [5.41, 5.74) is 1.98. The Bertz CT molecular complexity index is 773. The molecule has 0 aliphatic carbocycles. The second kappa shape index (κ2) is 7.88. The van der Waals surface area contributed by atoms with Crippen LogP contribution in [0.1, 0.15) is 40.0 Å². The lowest BCUT2D eigenvalue weighted by Gasteiger charge is -2.19. The van der Waals surface area contributed by atoms with E-state index in [-0.39, 0.29) is 12.1 Å². The summed E-state index contributed by atoms with van der Waals surface area (Å²) < 4.78 is 37.7. The van der Waals surface area contributed by atoms with Gasteiger partial charge in [-0.25, -0.2) is 0 Å². The van der Waals surface area contributed by atoms with E-state index < -0.39 is 29.9 Å². The first-order chi connectivity index (χ1) is 12.1. The second-order valence-corrected chi connectivity index (χ2v) is 6.16. The molecule has 0 amide bonds. The molecule has 0 aliphatic rings. The lowest BCUT2D eigenvalue weighted by molar-refractivity contribution is -0.140. The minimum Gasteiger partial charge on any atom is -0.480 e. The summed E-state index contributed by atoms with van der Waals surface area (Å²) in [5.74, 6) is -1.10. The highest BCUT2D eigenvalue weighted by Gasteiger charge is 2.30. The van der Waals surface area contributed by atoms with Crippen LogP contribution < -0.4 is 5.32 Å². The van der Waals surface area contributed by atoms with Gasteiger partial charge >= 0.3 is 12.1 Å². The van der Waals surface area contributed by atoms with Crippen molar-refractivity contribution in [2.24, 2.45) is 0 Å². The molecule has 0 saturated heterocycles. The number of rotatable bonds is 6. The third-order valence-corrected chi connectivity index (χ3v) is 4.25. The maximum absolute atomic E-state index is 12.6. The van der Waals surface area contributed by atoms with Crippen molar-refractivity contribution in [1.29, 1.82) is 0 Å². The molecule has 2 rings (SSSR count). The lowest BCUT2D eigenvalue weighted by atomic mass is 10.0. The molecule has 0 bridgehead atoms. The van der Waals surface area contributed by atoms with Gasteiger partial charge < -0.3 is 10.2 Å². The fourth-order valence-electron chi connectivity index (χ4n) is 2.53. The molecule has 26 heavy (non-hydrogen) atoms. The zero-order valence-electron chi connectivity index (χ0n) is 14.3. The van der Waals surface area contributed by atoms with Crippen molar-refractivity contribution in [3.8, 4) is 0 Å². The molecule has 0 aliphatic heterocycles. The number of aliphatic hydroxyl groups is 1. The first-order valence-corrected chi connectivity index (χ1v) is 7.98. The van der Waals surface area contributed by atoms with Crippen molar-refractivity contribution >= 4 is 5.97 Å². The van der Waals surface area contributed by atoms with Crippen molar-refractivity contribution in [2.75, 3.05) is 6.54 Å². The van der Waals surface area contributed by atoms with E-state index in [1.807, 2.05) is 19.9 Å². The van der Waals surface area contributed by atoms with E-state index in [1.54, 1.807) is 12.1 Å². The number of carboxylic acids is 1. The Kier molecular flexibility index (Phi) is 6.05. The van der Waals surface area contributed by atoms with Crippen molar-refractivity contribution in [3.05, 3.63) is 70.3 Å². The highest BCUT2D eigenvalue weighted by atomic mass is 19.4. The quantitative estimate of drug-likeness (QED) is 0.727. The normalized spacial score (nSPS) is 14.1. The van der Waals surface area contributed by atoms with Crippen LogP contribution in [-0.4, -0.2) is 22.7 Å². The molecule has 0 radical (unpaired) electrons. The summed E-state index contributed by atoms with van der Waals surface area (Å²) in [4.78, 5) is 11.5. The SMILES string of the molecule is Cc1ccc(C(NC[C@H](O)c2ccc(C(F)(F)F)cc2)C(=O)O)cc1C. The van der Waals surface area contributed by atoms with E-state index >= 15 is 0 Å². The molecule has 2 atom stereocenters. The Morgan fingerprint density at radius 1 is 1.04 bits per heavy atom. The fourth-order valence-corrected chi connectivity index (χ4v) is 2.53. The zero-order chi connectivity index (χ0) is 19.5. The Morgan fingerprint density at radius 3 is 2.12 bits per heavy atom. The molecule has 0 aromatic heterocycles. The molecule has 140 valence electrons. The topological polar surface area (TPSA) is 69.6 Å². The molecule has 3 N–H and O–H groups in total. The molecule has 4 nitrogen and oxygen atoms in total. The maximum atomic E-state index is 12.6. The number of benzene rings is 2. The number of aliphatic hydroxyl groups excluding tert-OH is 1. The van der Waals surface area contributed by atoms with Gasteiger partial charge in [0.1, 0.15) is 6.04 Å². The molecule has 1 unspecified atom stereocenters. The minimum absolute atomic E-state index is 0.116. The monoisotopic (exact) mass is 367 g/mol. The van der Waals surface area contributed by atoms with Crippen LogP contribution in [0.4, 0.5) is 13.2 Å². The summed E-state index contributed by atoms with van der Waals surface area (Å²) in [6.45, 7) is 3.67. The molecular formula is C19H20F3NO3. The summed E-state index contributed by atoms with van der Waals surface area (Å²) in [6, 6.07) is 8.37. The van der Waals surface area contributed by atoms with Gasteiger partial charge in [-0.15, -0.1) is 0 Å². The first kappa shape index (κ1) is 19.9. The molecule has 0 spiro atoms. The van der Waals surface area contributed by atoms with Gasteiger partial charge in [0.2, 0.25) is 0 Å². The van der Waals surface area contributed by atoms with E-state index in [1.165, 1.54) is 12.1 Å². The number of alkyl halides is 3. The van der Waals surface area contributed by atoms with Crippen molar-refractivity contribution in [2.45, 2.75) is 32.2 Å². The molecule has 0 heterocycles. The van der Waals surface area contributed by atoms with Crippen molar-refractivity contribution in [3.63, 3.8) is 0 Å². The second-order valence-electron chi connectivity index (χ2n) is 6.16. The molecule has 0 fully saturated rings. The van der Waals surface area contributed by atoms with Gasteiger partial charge in [-0.05, 0) is 48.2 Å². The van der Waals surface area contributed by atoms with E-state index in [0.29, 0.717) is 5.56 Å². The molecule has 2 aromatic carbocycles. The van der Waals surface area contributed by atoms with Gasteiger partial charge in [-0.1, -0.05) is 30.3 Å². The highest BCUT2D eigenvalue weighted by molar-refractivity contribution is 5.75. The van der Waals surface area contributed by atoms with Crippen molar-refractivity contribution in [1.82, 2.24) is 5.32 Å². The van der Waals surface area contributed by atoms with E-state index in [9.17, 15) is 28.2 Å². The van der Waals surface area contributed by atoms with Crippen molar-refractivity contribution < 1.29 is 28.2 Å². The largest absolute Gasteiger partial charge is 0.480 e. The number of aliphatic carboxylic acids is 1. The van der Waals surface area contributed by atoms with Crippen LogP contribution in [0.25, 0.3) is 0 Å². The van der Waals surface area contributed by atoms with Crippen LogP contribution >= 0.6 is 0 Å². The summed E-state index contributed by atoms with van der Waals surface area (Å²) >= 11 is 0. The van der Waals surface area contributed by atoms with Crippen LogP contribution in [0.3, 0.4) is 0 Å². The minimum atomic E-state index is -4.45. The number of hydrogen-bond donors (Lipinski definition) is 3. The van der Waals surface area contributed by atoms with Crippen LogP contribution in [0.2, 0.25) is 0 Å². The standard InChI is InChI=1S/C19H20F3NO3/c1-11-3-4-14(9-12(11)2)17(18(25)26)23-10-16(24)13-5-7-15(8-6-13)19(20,21)22/h3-9,16-17,23-24H,10H2,1-2H3,(H,25,26)/t16-,17?/m0/s1. The average molecular weight is 367 g/mol. The summed E-state index contributed by atoms with van der Waals surface area (Å²) in [6.07, 6.45) is -5.58. The predicted molar refractivity (Wildman–Crippen MR) is 90.7 cm³/mol. The first-order valence-electron chi connectivity index (χ1n) is 7.98. The molecule has 2 aromatic rings. The number of nitrogens with one attached hydrogen (secondary N) is 1. The van der Waals surface area contributed by atoms with Crippen LogP contribution in [0.15, 0.2) is 42.5 Å². The average Bonchev–Trinajstić information content (AvgIpc) is 2.57. The van der Waals surface area contributed by atoms with Crippen LogP contribution in [-0.2, 0) is 11.0 Å². The van der Waals surface area contributed by atoms with Crippen LogP contribution in [0.5, 0.6) is 0 Å². The fraction of sp³-hybridized carbons (Fsp3) is 0.316. The third kappa shape index (κ3) is 4.83.